The molecular formula is C50H29N5. The maximum Gasteiger partial charge on any atom is 0.0998 e. The van der Waals surface area contributed by atoms with Crippen molar-refractivity contribution in [2.24, 2.45) is 0 Å². The predicted octanol–water partition coefficient (Wildman–Crippen LogP) is 12.4. The van der Waals surface area contributed by atoms with Gasteiger partial charge in [-0.05, 0) is 72.8 Å². The Balaban J connectivity index is 1.23. The fourth-order valence-corrected chi connectivity index (χ4v) is 8.91. The predicted molar refractivity (Wildman–Crippen MR) is 224 cm³/mol. The molecule has 0 saturated heterocycles. The average molecular weight is 700 g/mol. The van der Waals surface area contributed by atoms with Crippen LogP contribution in [0.25, 0.3) is 93.6 Å². The van der Waals surface area contributed by atoms with Crippen molar-refractivity contribution < 1.29 is 0 Å². The average Bonchev–Trinajstić information content (AvgIpc) is 3.89. The van der Waals surface area contributed by atoms with Crippen LogP contribution in [-0.2, 0) is 0 Å². The molecule has 0 amide bonds. The Morgan fingerprint density at radius 3 is 1.42 bits per heavy atom. The Morgan fingerprint density at radius 2 is 0.782 bits per heavy atom. The SMILES string of the molecule is N#Cc1ccc(-n2c3ccccc3c3c(C#N)cccc32)c(-c2ccccc2-n2c3ccccc3c3c(-n4c5ccccc5c5ccccc54)cccc32)c1. The van der Waals surface area contributed by atoms with Gasteiger partial charge in [-0.3, -0.25) is 0 Å². The molecule has 0 aliphatic heterocycles. The van der Waals surface area contributed by atoms with Gasteiger partial charge >= 0.3 is 0 Å². The summed E-state index contributed by atoms with van der Waals surface area (Å²) in [5, 5.41) is 27.1. The van der Waals surface area contributed by atoms with E-state index in [1.807, 2.05) is 42.5 Å². The molecule has 0 saturated carbocycles. The third-order valence-corrected chi connectivity index (χ3v) is 11.1. The highest BCUT2D eigenvalue weighted by Crippen LogP contribution is 2.43. The number of hydrogen-bond acceptors (Lipinski definition) is 2. The van der Waals surface area contributed by atoms with Gasteiger partial charge in [0.2, 0.25) is 0 Å². The van der Waals surface area contributed by atoms with E-state index in [1.165, 1.54) is 10.8 Å². The first-order valence-electron chi connectivity index (χ1n) is 18.3. The van der Waals surface area contributed by atoms with Crippen molar-refractivity contribution in [2.45, 2.75) is 0 Å². The molecule has 5 heteroatoms. The zero-order chi connectivity index (χ0) is 36.6. The van der Waals surface area contributed by atoms with E-state index in [4.69, 9.17) is 0 Å². The van der Waals surface area contributed by atoms with E-state index in [2.05, 4.69) is 159 Å². The number of para-hydroxylation sites is 5. The summed E-state index contributed by atoms with van der Waals surface area (Å²) in [4.78, 5) is 0. The van der Waals surface area contributed by atoms with Crippen molar-refractivity contribution in [3.05, 3.63) is 187 Å². The van der Waals surface area contributed by atoms with Crippen LogP contribution in [-0.4, -0.2) is 13.7 Å². The molecule has 0 fully saturated rings. The maximum absolute atomic E-state index is 10.2. The minimum absolute atomic E-state index is 0.572. The first-order valence-corrected chi connectivity index (χ1v) is 18.3. The number of aromatic nitrogens is 3. The molecule has 8 aromatic carbocycles. The van der Waals surface area contributed by atoms with Crippen LogP contribution in [0.2, 0.25) is 0 Å². The smallest absolute Gasteiger partial charge is 0.0998 e. The Bertz CT molecular complexity index is 3420. The summed E-state index contributed by atoms with van der Waals surface area (Å²) >= 11 is 0. The fourth-order valence-electron chi connectivity index (χ4n) is 8.91. The van der Waals surface area contributed by atoms with Crippen molar-refractivity contribution in [1.29, 1.82) is 10.5 Å². The van der Waals surface area contributed by atoms with Crippen molar-refractivity contribution in [3.63, 3.8) is 0 Å². The third kappa shape index (κ3) is 4.33. The van der Waals surface area contributed by atoms with Crippen LogP contribution >= 0.6 is 0 Å². The van der Waals surface area contributed by atoms with Gasteiger partial charge < -0.3 is 13.7 Å². The van der Waals surface area contributed by atoms with Gasteiger partial charge in [0.25, 0.3) is 0 Å². The van der Waals surface area contributed by atoms with Crippen molar-refractivity contribution >= 4 is 65.4 Å². The van der Waals surface area contributed by atoms with Crippen LogP contribution in [0.1, 0.15) is 11.1 Å². The van der Waals surface area contributed by atoms with Gasteiger partial charge in [0.05, 0.1) is 73.4 Å². The Kier molecular flexibility index (Phi) is 6.61. The standard InChI is InChI=1S/C50H29N5/c51-30-32-27-28-45(55-43-22-9-4-17-37(43)49-33(31-52)13-11-24-46(49)55)39(29-32)36-16-3-8-21-42(36)54-44-23-10-5-18-38(44)50-47(25-12-26-48(50)54)53-40-19-6-1-14-34(40)35-15-2-7-20-41(35)53/h1-29H. The third-order valence-electron chi connectivity index (χ3n) is 11.1. The Labute approximate surface area is 316 Å². The van der Waals surface area contributed by atoms with Crippen molar-refractivity contribution in [3.8, 4) is 40.3 Å². The second-order valence-electron chi connectivity index (χ2n) is 13.9. The topological polar surface area (TPSA) is 62.4 Å². The number of benzene rings is 8. The van der Waals surface area contributed by atoms with Gasteiger partial charge in [-0.15, -0.1) is 0 Å². The number of fused-ring (bicyclic) bond motifs is 9. The van der Waals surface area contributed by atoms with Crippen molar-refractivity contribution in [2.75, 3.05) is 0 Å². The van der Waals surface area contributed by atoms with Gasteiger partial charge in [0.15, 0.2) is 0 Å². The summed E-state index contributed by atoms with van der Waals surface area (Å²) in [6, 6.07) is 65.9. The highest BCUT2D eigenvalue weighted by atomic mass is 15.0. The molecule has 11 rings (SSSR count). The molecule has 0 spiro atoms. The van der Waals surface area contributed by atoms with Gasteiger partial charge in [-0.25, -0.2) is 0 Å². The minimum Gasteiger partial charge on any atom is -0.309 e. The molecule has 0 aliphatic rings. The molecular weight excluding hydrogens is 671 g/mol. The lowest BCUT2D eigenvalue weighted by molar-refractivity contribution is 1.15. The van der Waals surface area contributed by atoms with E-state index < -0.39 is 0 Å². The molecule has 55 heavy (non-hydrogen) atoms. The van der Waals surface area contributed by atoms with E-state index in [1.54, 1.807) is 0 Å². The maximum atomic E-state index is 10.2. The largest absolute Gasteiger partial charge is 0.309 e. The van der Waals surface area contributed by atoms with Crippen LogP contribution < -0.4 is 0 Å². The van der Waals surface area contributed by atoms with Gasteiger partial charge in [0, 0.05) is 43.4 Å². The van der Waals surface area contributed by atoms with E-state index >= 15 is 0 Å². The highest BCUT2D eigenvalue weighted by Gasteiger charge is 2.23. The lowest BCUT2D eigenvalue weighted by atomic mass is 9.98. The quantitative estimate of drug-likeness (QED) is 0.184. The molecule has 5 nitrogen and oxygen atoms in total. The number of rotatable bonds is 4. The van der Waals surface area contributed by atoms with E-state index in [0.29, 0.717) is 11.1 Å². The second kappa shape index (κ2) is 11.8. The summed E-state index contributed by atoms with van der Waals surface area (Å²) < 4.78 is 7.02. The second-order valence-corrected chi connectivity index (χ2v) is 13.9. The zero-order valence-corrected chi connectivity index (χ0v) is 29.5. The molecule has 3 heterocycles. The number of nitriles is 2. The van der Waals surface area contributed by atoms with Gasteiger partial charge in [-0.2, -0.15) is 10.5 Å². The monoisotopic (exact) mass is 699 g/mol. The highest BCUT2D eigenvalue weighted by molar-refractivity contribution is 6.17. The number of hydrogen-bond donors (Lipinski definition) is 0. The van der Waals surface area contributed by atoms with Crippen molar-refractivity contribution in [1.82, 2.24) is 13.7 Å². The van der Waals surface area contributed by atoms with Crippen LogP contribution in [0.5, 0.6) is 0 Å². The van der Waals surface area contributed by atoms with Crippen LogP contribution in [0.15, 0.2) is 176 Å². The lowest BCUT2D eigenvalue weighted by Gasteiger charge is -2.19. The minimum atomic E-state index is 0.572. The molecule has 11 aromatic rings. The van der Waals surface area contributed by atoms with Gasteiger partial charge in [0.1, 0.15) is 0 Å². The molecule has 0 radical (unpaired) electrons. The molecule has 254 valence electrons. The molecule has 0 bridgehead atoms. The molecule has 0 N–H and O–H groups in total. The van der Waals surface area contributed by atoms with Crippen LogP contribution in [0.3, 0.4) is 0 Å². The van der Waals surface area contributed by atoms with E-state index in [-0.39, 0.29) is 0 Å². The summed E-state index contributed by atoms with van der Waals surface area (Å²) in [5.41, 5.74) is 12.6. The van der Waals surface area contributed by atoms with Crippen LogP contribution in [0.4, 0.5) is 0 Å². The van der Waals surface area contributed by atoms with Crippen LogP contribution in [0, 0.1) is 22.7 Å². The molecule has 0 unspecified atom stereocenters. The first-order chi connectivity index (χ1) is 27.2. The Morgan fingerprint density at radius 1 is 0.327 bits per heavy atom. The fraction of sp³-hybridized carbons (Fsp3) is 0. The molecule has 3 aromatic heterocycles. The van der Waals surface area contributed by atoms with Gasteiger partial charge in [-0.1, -0.05) is 103 Å². The Hall–Kier alpha value is -7.86. The first kappa shape index (κ1) is 30.7. The summed E-state index contributed by atoms with van der Waals surface area (Å²) in [5.74, 6) is 0. The van der Waals surface area contributed by atoms with E-state index in [9.17, 15) is 10.5 Å². The lowest BCUT2D eigenvalue weighted by Crippen LogP contribution is -2.02. The van der Waals surface area contributed by atoms with E-state index in [0.717, 1.165) is 82.8 Å². The number of nitrogens with zero attached hydrogens (tertiary/aromatic N) is 5. The normalized spacial score (nSPS) is 11.6. The summed E-state index contributed by atoms with van der Waals surface area (Å²) in [7, 11) is 0. The molecule has 0 atom stereocenters. The summed E-state index contributed by atoms with van der Waals surface area (Å²) in [6.45, 7) is 0. The summed E-state index contributed by atoms with van der Waals surface area (Å²) in [6.07, 6.45) is 0. The molecule has 0 aliphatic carbocycles. The zero-order valence-electron chi connectivity index (χ0n) is 29.5.